The molecule has 22 heavy (non-hydrogen) atoms. The molecule has 0 amide bonds. The summed E-state index contributed by atoms with van der Waals surface area (Å²) < 4.78 is 39.6. The highest BCUT2D eigenvalue weighted by Gasteiger charge is 2.44. The van der Waals surface area contributed by atoms with Crippen LogP contribution < -0.4 is 5.56 Å². The zero-order valence-corrected chi connectivity index (χ0v) is 13.2. The number of H-pyrrole nitrogens is 1. The van der Waals surface area contributed by atoms with E-state index in [0.29, 0.717) is 11.3 Å². The molecule has 0 aliphatic rings. The predicted molar refractivity (Wildman–Crippen MR) is 78.2 cm³/mol. The Labute approximate surface area is 127 Å². The van der Waals surface area contributed by atoms with Gasteiger partial charge in [-0.1, -0.05) is 13.8 Å². The molecule has 1 aromatic rings. The third-order valence-electron chi connectivity index (χ3n) is 3.65. The number of nitrogens with zero attached hydrogens (tertiary/aromatic N) is 1. The fourth-order valence-corrected chi connectivity index (χ4v) is 2.59. The van der Waals surface area contributed by atoms with Crippen LogP contribution in [0.1, 0.15) is 41.9 Å². The second-order valence-electron chi connectivity index (χ2n) is 5.25. The van der Waals surface area contributed by atoms with Crippen molar-refractivity contribution in [3.8, 4) is 0 Å². The molecule has 1 heterocycles. The average Bonchev–Trinajstić information content (AvgIpc) is 2.36. The van der Waals surface area contributed by atoms with Crippen LogP contribution in [0.15, 0.2) is 10.9 Å². The molecule has 4 nitrogen and oxygen atoms in total. The van der Waals surface area contributed by atoms with E-state index >= 15 is 0 Å². The summed E-state index contributed by atoms with van der Waals surface area (Å²) in [5.74, 6) is -0.784. The molecular formula is C15H21F3N2O2. The maximum absolute atomic E-state index is 13.2. The van der Waals surface area contributed by atoms with Crippen LogP contribution in [0.2, 0.25) is 0 Å². The van der Waals surface area contributed by atoms with E-state index in [9.17, 15) is 22.8 Å². The average molecular weight is 318 g/mol. The molecule has 0 aromatic carbocycles. The maximum Gasteiger partial charge on any atom is 0.404 e. The Morgan fingerprint density at radius 2 is 1.82 bits per heavy atom. The number of alkyl halides is 3. The Morgan fingerprint density at radius 1 is 1.27 bits per heavy atom. The predicted octanol–water partition coefficient (Wildman–Crippen LogP) is 2.84. The summed E-state index contributed by atoms with van der Waals surface area (Å²) in [6.45, 7) is 6.77. The molecule has 0 spiro atoms. The molecule has 7 heteroatoms. The van der Waals surface area contributed by atoms with Crippen molar-refractivity contribution in [3.63, 3.8) is 0 Å². The van der Waals surface area contributed by atoms with Gasteiger partial charge in [0.15, 0.2) is 5.78 Å². The lowest BCUT2D eigenvalue weighted by Crippen LogP contribution is -2.47. The van der Waals surface area contributed by atoms with Crippen molar-refractivity contribution in [1.29, 1.82) is 0 Å². The molecule has 0 saturated heterocycles. The van der Waals surface area contributed by atoms with E-state index in [1.165, 1.54) is 4.90 Å². The number of aromatic nitrogens is 1. The minimum atomic E-state index is -4.52. The van der Waals surface area contributed by atoms with Crippen molar-refractivity contribution in [2.75, 3.05) is 13.1 Å². The number of aryl methyl sites for hydroxylation is 2. The fourth-order valence-electron chi connectivity index (χ4n) is 2.59. The van der Waals surface area contributed by atoms with Crippen LogP contribution >= 0.6 is 0 Å². The molecule has 1 aromatic heterocycles. The molecule has 0 saturated carbocycles. The number of pyridine rings is 1. The number of hydrogen-bond acceptors (Lipinski definition) is 3. The van der Waals surface area contributed by atoms with Gasteiger partial charge in [0.2, 0.25) is 0 Å². The van der Waals surface area contributed by atoms with Crippen LogP contribution in [0.4, 0.5) is 13.2 Å². The van der Waals surface area contributed by atoms with Crippen molar-refractivity contribution in [3.05, 3.63) is 33.2 Å². The van der Waals surface area contributed by atoms with E-state index in [0.717, 1.165) is 0 Å². The third-order valence-corrected chi connectivity index (χ3v) is 3.65. The van der Waals surface area contributed by atoms with Gasteiger partial charge in [-0.2, -0.15) is 13.2 Å². The number of carbonyl (C=O) groups is 1. The zero-order chi connectivity index (χ0) is 17.1. The Kier molecular flexibility index (Phi) is 5.93. The molecule has 0 aliphatic heterocycles. The molecule has 1 N–H and O–H groups in total. The van der Waals surface area contributed by atoms with Gasteiger partial charge in [0.1, 0.15) is 6.04 Å². The summed E-state index contributed by atoms with van der Waals surface area (Å²) in [7, 11) is 0. The van der Waals surface area contributed by atoms with Crippen molar-refractivity contribution in [2.45, 2.75) is 46.3 Å². The summed E-state index contributed by atoms with van der Waals surface area (Å²) in [4.78, 5) is 27.8. The van der Waals surface area contributed by atoms with Gasteiger partial charge in [0.05, 0.1) is 5.56 Å². The summed E-state index contributed by atoms with van der Waals surface area (Å²) in [6, 6.07) is -0.302. The van der Waals surface area contributed by atoms with Crippen LogP contribution in [0.25, 0.3) is 0 Å². The van der Waals surface area contributed by atoms with Crippen LogP contribution in [0.3, 0.4) is 0 Å². The van der Waals surface area contributed by atoms with Crippen LogP contribution in [0, 0.1) is 13.8 Å². The minimum absolute atomic E-state index is 0.178. The number of aromatic amines is 1. The molecule has 124 valence electrons. The summed E-state index contributed by atoms with van der Waals surface area (Å²) in [5.41, 5.74) is 0.136. The molecule has 0 bridgehead atoms. The number of halogens is 3. The SMILES string of the molecule is CCN(CC)C(CC(=O)c1c(C)cc(C)[nH]c1=O)C(F)(F)F. The van der Waals surface area contributed by atoms with Crippen LogP contribution in [-0.4, -0.2) is 41.0 Å². The first-order chi connectivity index (χ1) is 10.1. The third kappa shape index (κ3) is 4.19. The molecule has 0 radical (unpaired) electrons. The van der Waals surface area contributed by atoms with E-state index in [2.05, 4.69) is 4.98 Å². The zero-order valence-electron chi connectivity index (χ0n) is 13.2. The summed E-state index contributed by atoms with van der Waals surface area (Å²) in [5, 5.41) is 0. The lowest BCUT2D eigenvalue weighted by atomic mass is 9.99. The molecule has 1 atom stereocenters. The minimum Gasteiger partial charge on any atom is -0.326 e. The van der Waals surface area contributed by atoms with Crippen molar-refractivity contribution in [2.24, 2.45) is 0 Å². The normalized spacial score (nSPS) is 13.5. The van der Waals surface area contributed by atoms with Gasteiger partial charge in [-0.15, -0.1) is 0 Å². The lowest BCUT2D eigenvalue weighted by molar-refractivity contribution is -0.181. The lowest BCUT2D eigenvalue weighted by Gasteiger charge is -2.30. The summed E-state index contributed by atoms with van der Waals surface area (Å²) >= 11 is 0. The first-order valence-electron chi connectivity index (χ1n) is 7.16. The van der Waals surface area contributed by atoms with Gasteiger partial charge < -0.3 is 4.98 Å². The first-order valence-corrected chi connectivity index (χ1v) is 7.16. The van der Waals surface area contributed by atoms with Crippen molar-refractivity contribution in [1.82, 2.24) is 9.88 Å². The van der Waals surface area contributed by atoms with Gasteiger partial charge in [0.25, 0.3) is 5.56 Å². The highest BCUT2D eigenvalue weighted by Crippen LogP contribution is 2.28. The van der Waals surface area contributed by atoms with Crippen molar-refractivity contribution >= 4 is 5.78 Å². The smallest absolute Gasteiger partial charge is 0.326 e. The van der Waals surface area contributed by atoms with Gasteiger partial charge in [-0.05, 0) is 38.6 Å². The van der Waals surface area contributed by atoms with E-state index in [4.69, 9.17) is 0 Å². The monoisotopic (exact) mass is 318 g/mol. The van der Waals surface area contributed by atoms with E-state index in [-0.39, 0.29) is 18.7 Å². The number of carbonyl (C=O) groups excluding carboxylic acids is 1. The number of hydrogen-bond donors (Lipinski definition) is 1. The Hall–Kier alpha value is -1.63. The molecular weight excluding hydrogens is 297 g/mol. The highest BCUT2D eigenvalue weighted by molar-refractivity contribution is 5.97. The topological polar surface area (TPSA) is 53.2 Å². The Bertz CT molecular complexity index is 589. The standard InChI is InChI=1S/C15H21F3N2O2/c1-5-20(6-2)12(15(16,17)18)8-11(21)13-9(3)7-10(4)19-14(13)22/h7,12H,5-6,8H2,1-4H3,(H,19,22). The molecule has 1 unspecified atom stereocenters. The number of ketones is 1. The molecule has 0 aliphatic carbocycles. The highest BCUT2D eigenvalue weighted by atomic mass is 19.4. The van der Waals surface area contributed by atoms with Gasteiger partial charge >= 0.3 is 6.18 Å². The van der Waals surface area contributed by atoms with E-state index < -0.39 is 30.0 Å². The molecule has 1 rings (SSSR count). The quantitative estimate of drug-likeness (QED) is 0.821. The fraction of sp³-hybridized carbons (Fsp3) is 0.600. The maximum atomic E-state index is 13.2. The van der Waals surface area contributed by atoms with Crippen LogP contribution in [-0.2, 0) is 0 Å². The Balaban J connectivity index is 3.15. The Morgan fingerprint density at radius 3 is 2.23 bits per heavy atom. The van der Waals surface area contributed by atoms with E-state index in [1.807, 2.05) is 0 Å². The summed E-state index contributed by atoms with van der Waals surface area (Å²) in [6.07, 6.45) is -5.27. The van der Waals surface area contributed by atoms with Crippen molar-refractivity contribution < 1.29 is 18.0 Å². The van der Waals surface area contributed by atoms with Gasteiger partial charge in [-0.25, -0.2) is 0 Å². The van der Waals surface area contributed by atoms with E-state index in [1.54, 1.807) is 33.8 Å². The van der Waals surface area contributed by atoms with Gasteiger partial charge in [-0.3, -0.25) is 14.5 Å². The molecule has 0 fully saturated rings. The number of nitrogens with one attached hydrogen (secondary N) is 1. The van der Waals surface area contributed by atoms with Gasteiger partial charge in [0, 0.05) is 12.1 Å². The second-order valence-corrected chi connectivity index (χ2v) is 5.25. The first kappa shape index (κ1) is 18.4. The second kappa shape index (κ2) is 7.09. The number of rotatable bonds is 6. The van der Waals surface area contributed by atoms with Crippen LogP contribution in [0.5, 0.6) is 0 Å². The largest absolute Gasteiger partial charge is 0.404 e. The number of Topliss-reactive ketones (excluding diaryl/α,β-unsaturated/α-hetero) is 1.